The maximum absolute atomic E-state index is 5.55. The molecule has 2 aromatic rings. The molecule has 0 amide bonds. The monoisotopic (exact) mass is 353 g/mol. The Kier molecular flexibility index (Phi) is 5.25. The molecule has 0 saturated heterocycles. The van der Waals surface area contributed by atoms with Crippen molar-refractivity contribution in [3.63, 3.8) is 0 Å². The van der Waals surface area contributed by atoms with Crippen molar-refractivity contribution in [2.24, 2.45) is 0 Å². The summed E-state index contributed by atoms with van der Waals surface area (Å²) in [6.45, 7) is 2.86. The fraction of sp³-hybridized carbons (Fsp3) is 0.400. The van der Waals surface area contributed by atoms with Crippen LogP contribution >= 0.6 is 15.9 Å². The van der Waals surface area contributed by atoms with E-state index >= 15 is 0 Å². The minimum absolute atomic E-state index is 0.0492. The van der Waals surface area contributed by atoms with Crippen LogP contribution in [0.5, 0.6) is 11.5 Å². The number of para-hydroxylation sites is 1. The Morgan fingerprint density at radius 2 is 2.10 bits per heavy atom. The van der Waals surface area contributed by atoms with Gasteiger partial charge in [0.25, 0.3) is 0 Å². The average molecular weight is 354 g/mol. The number of ether oxygens (including phenoxy) is 2. The van der Waals surface area contributed by atoms with Gasteiger partial charge in [-0.2, -0.15) is 5.10 Å². The number of nitrogens with one attached hydrogen (secondary N) is 1. The molecule has 0 aliphatic carbocycles. The molecule has 0 saturated carbocycles. The molecule has 1 aromatic carbocycles. The van der Waals surface area contributed by atoms with Crippen molar-refractivity contribution in [2.45, 2.75) is 19.5 Å². The van der Waals surface area contributed by atoms with Gasteiger partial charge in [-0.15, -0.1) is 0 Å². The largest absolute Gasteiger partial charge is 0.493 e. The first-order chi connectivity index (χ1) is 10.2. The fourth-order valence-corrected chi connectivity index (χ4v) is 3.01. The quantitative estimate of drug-likeness (QED) is 0.867. The van der Waals surface area contributed by atoms with E-state index < -0.39 is 0 Å². The van der Waals surface area contributed by atoms with E-state index in [1.54, 1.807) is 14.2 Å². The summed E-state index contributed by atoms with van der Waals surface area (Å²) in [6.07, 6.45) is 1.82. The SMILES string of the molecule is CCn1ncc(Br)c1C(NC)c1cccc(OC)c1OC. The first-order valence-electron chi connectivity index (χ1n) is 6.77. The van der Waals surface area contributed by atoms with Crippen molar-refractivity contribution in [3.8, 4) is 11.5 Å². The van der Waals surface area contributed by atoms with Crippen LogP contribution in [0.15, 0.2) is 28.9 Å². The Morgan fingerprint density at radius 1 is 1.33 bits per heavy atom. The summed E-state index contributed by atoms with van der Waals surface area (Å²) in [4.78, 5) is 0. The molecule has 0 bridgehead atoms. The van der Waals surface area contributed by atoms with Gasteiger partial charge in [-0.3, -0.25) is 4.68 Å². The molecule has 1 aromatic heterocycles. The van der Waals surface area contributed by atoms with Crippen LogP contribution in [0.2, 0.25) is 0 Å². The molecule has 21 heavy (non-hydrogen) atoms. The molecule has 1 heterocycles. The van der Waals surface area contributed by atoms with Crippen molar-refractivity contribution >= 4 is 15.9 Å². The van der Waals surface area contributed by atoms with Gasteiger partial charge in [0.15, 0.2) is 11.5 Å². The van der Waals surface area contributed by atoms with E-state index in [0.717, 1.165) is 28.0 Å². The Morgan fingerprint density at radius 3 is 2.67 bits per heavy atom. The zero-order valence-corrected chi connectivity index (χ0v) is 14.3. The Balaban J connectivity index is 2.59. The summed E-state index contributed by atoms with van der Waals surface area (Å²) in [6, 6.07) is 5.83. The zero-order valence-electron chi connectivity index (χ0n) is 12.7. The minimum atomic E-state index is -0.0492. The topological polar surface area (TPSA) is 48.3 Å². The number of benzene rings is 1. The molecule has 2 rings (SSSR count). The molecule has 1 unspecified atom stereocenters. The lowest BCUT2D eigenvalue weighted by Crippen LogP contribution is -2.22. The minimum Gasteiger partial charge on any atom is -0.493 e. The van der Waals surface area contributed by atoms with Gasteiger partial charge in [-0.1, -0.05) is 12.1 Å². The molecule has 0 aliphatic heterocycles. The van der Waals surface area contributed by atoms with Crippen LogP contribution in [-0.4, -0.2) is 31.0 Å². The normalized spacial score (nSPS) is 12.2. The number of rotatable bonds is 6. The summed E-state index contributed by atoms with van der Waals surface area (Å²) < 4.78 is 13.9. The molecule has 0 radical (unpaired) electrons. The molecule has 0 spiro atoms. The summed E-state index contributed by atoms with van der Waals surface area (Å²) in [5.74, 6) is 1.45. The van der Waals surface area contributed by atoms with Crippen LogP contribution in [-0.2, 0) is 6.54 Å². The first-order valence-corrected chi connectivity index (χ1v) is 7.56. The highest BCUT2D eigenvalue weighted by Gasteiger charge is 2.24. The lowest BCUT2D eigenvalue weighted by atomic mass is 10.0. The number of aromatic nitrogens is 2. The van der Waals surface area contributed by atoms with Crippen molar-refractivity contribution in [2.75, 3.05) is 21.3 Å². The van der Waals surface area contributed by atoms with Gasteiger partial charge < -0.3 is 14.8 Å². The van der Waals surface area contributed by atoms with E-state index in [1.165, 1.54) is 0 Å². The summed E-state index contributed by atoms with van der Waals surface area (Å²) in [5, 5.41) is 7.72. The second-order valence-electron chi connectivity index (χ2n) is 4.50. The Hall–Kier alpha value is -1.53. The number of hydrogen-bond donors (Lipinski definition) is 1. The third kappa shape index (κ3) is 2.91. The first kappa shape index (κ1) is 15.9. The van der Waals surface area contributed by atoms with Crippen molar-refractivity contribution < 1.29 is 9.47 Å². The second kappa shape index (κ2) is 6.95. The standard InChI is InChI=1S/C15H20BrN3O2/c1-5-19-14(11(16)9-18-19)13(17-2)10-7-6-8-12(20-3)15(10)21-4/h6-9,13,17H,5H2,1-4H3. The summed E-state index contributed by atoms with van der Waals surface area (Å²) in [5.41, 5.74) is 2.07. The lowest BCUT2D eigenvalue weighted by molar-refractivity contribution is 0.348. The maximum atomic E-state index is 5.55. The van der Waals surface area contributed by atoms with Crippen LogP contribution in [0.4, 0.5) is 0 Å². The number of nitrogens with zero attached hydrogens (tertiary/aromatic N) is 2. The molecular formula is C15H20BrN3O2. The van der Waals surface area contributed by atoms with Gasteiger partial charge in [-0.25, -0.2) is 0 Å². The lowest BCUT2D eigenvalue weighted by Gasteiger charge is -2.22. The van der Waals surface area contributed by atoms with E-state index in [9.17, 15) is 0 Å². The number of hydrogen-bond acceptors (Lipinski definition) is 4. The molecule has 1 N–H and O–H groups in total. The number of methoxy groups -OCH3 is 2. The van der Waals surface area contributed by atoms with Crippen LogP contribution < -0.4 is 14.8 Å². The van der Waals surface area contributed by atoms with Gasteiger partial charge in [-0.05, 0) is 36.0 Å². The number of halogens is 1. The van der Waals surface area contributed by atoms with E-state index in [4.69, 9.17) is 9.47 Å². The zero-order chi connectivity index (χ0) is 15.4. The van der Waals surface area contributed by atoms with Crippen molar-refractivity contribution in [3.05, 3.63) is 40.1 Å². The van der Waals surface area contributed by atoms with Gasteiger partial charge in [0.2, 0.25) is 0 Å². The van der Waals surface area contributed by atoms with E-state index in [2.05, 4.69) is 33.3 Å². The van der Waals surface area contributed by atoms with E-state index in [1.807, 2.05) is 36.1 Å². The third-order valence-electron chi connectivity index (χ3n) is 3.44. The summed E-state index contributed by atoms with van der Waals surface area (Å²) >= 11 is 3.58. The number of aryl methyl sites for hydroxylation is 1. The fourth-order valence-electron chi connectivity index (χ4n) is 2.49. The molecule has 0 fully saturated rings. The van der Waals surface area contributed by atoms with Gasteiger partial charge >= 0.3 is 0 Å². The van der Waals surface area contributed by atoms with Crippen LogP contribution in [0.1, 0.15) is 24.2 Å². The maximum Gasteiger partial charge on any atom is 0.165 e. The molecule has 0 aliphatic rings. The second-order valence-corrected chi connectivity index (χ2v) is 5.35. The van der Waals surface area contributed by atoms with Crippen molar-refractivity contribution in [1.82, 2.24) is 15.1 Å². The third-order valence-corrected chi connectivity index (χ3v) is 4.05. The van der Waals surface area contributed by atoms with Crippen molar-refractivity contribution in [1.29, 1.82) is 0 Å². The molecule has 6 heteroatoms. The smallest absolute Gasteiger partial charge is 0.165 e. The van der Waals surface area contributed by atoms with E-state index in [0.29, 0.717) is 5.75 Å². The van der Waals surface area contributed by atoms with Gasteiger partial charge in [0, 0.05) is 12.1 Å². The van der Waals surface area contributed by atoms with Gasteiger partial charge in [0.05, 0.1) is 36.6 Å². The van der Waals surface area contributed by atoms with Crippen LogP contribution in [0, 0.1) is 0 Å². The Bertz CT molecular complexity index is 613. The predicted molar refractivity (Wildman–Crippen MR) is 86.0 cm³/mol. The molecule has 5 nitrogen and oxygen atoms in total. The van der Waals surface area contributed by atoms with E-state index in [-0.39, 0.29) is 6.04 Å². The highest BCUT2D eigenvalue weighted by molar-refractivity contribution is 9.10. The molecule has 1 atom stereocenters. The summed E-state index contributed by atoms with van der Waals surface area (Å²) in [7, 11) is 5.21. The average Bonchev–Trinajstić information content (AvgIpc) is 2.89. The molecule has 114 valence electrons. The van der Waals surface area contributed by atoms with Gasteiger partial charge in [0.1, 0.15) is 0 Å². The molecular weight excluding hydrogens is 334 g/mol. The predicted octanol–water partition coefficient (Wildman–Crippen LogP) is 2.99. The Labute approximate surface area is 133 Å². The van der Waals surface area contributed by atoms with Crippen LogP contribution in [0.3, 0.4) is 0 Å². The van der Waals surface area contributed by atoms with Crippen LogP contribution in [0.25, 0.3) is 0 Å². The highest BCUT2D eigenvalue weighted by atomic mass is 79.9. The highest BCUT2D eigenvalue weighted by Crippen LogP contribution is 2.38.